The van der Waals surface area contributed by atoms with E-state index in [0.717, 1.165) is 0 Å². The van der Waals surface area contributed by atoms with Gasteiger partial charge in [0.05, 0.1) is 0 Å². The summed E-state index contributed by atoms with van der Waals surface area (Å²) in [6.07, 6.45) is 3.92. The Morgan fingerprint density at radius 3 is 2.73 bits per heavy atom. The normalized spacial score (nSPS) is 30.5. The zero-order chi connectivity index (χ0) is 10.0. The van der Waals surface area contributed by atoms with Crippen LogP contribution < -0.4 is 10.6 Å². The number of carbonyl (C=O) groups is 1. The summed E-state index contributed by atoms with van der Waals surface area (Å²) in [6, 6.07) is 0. The number of hydrogen-bond donors (Lipinski definition) is 2. The number of hydrogen-bond acceptors (Lipinski definition) is 2. The molecule has 2 aliphatic rings. The predicted octanol–water partition coefficient (Wildman–Crippen LogP) is 1.03. The van der Waals surface area contributed by atoms with E-state index in [1.54, 1.807) is 0 Å². The summed E-state index contributed by atoms with van der Waals surface area (Å²) in [5.41, 5.74) is -1.65. The highest BCUT2D eigenvalue weighted by molar-refractivity contribution is 5.86. The van der Waals surface area contributed by atoms with Crippen molar-refractivity contribution in [3.05, 3.63) is 0 Å². The molecule has 1 aliphatic heterocycles. The maximum absolute atomic E-state index is 13.8. The molecule has 0 aromatic heterocycles. The summed E-state index contributed by atoms with van der Waals surface area (Å²) in [5.74, 6) is 0.173. The molecule has 0 spiro atoms. The van der Waals surface area contributed by atoms with Gasteiger partial charge in [-0.2, -0.15) is 0 Å². The average Bonchev–Trinajstić information content (AvgIpc) is 2.50. The summed E-state index contributed by atoms with van der Waals surface area (Å²) in [6.45, 7) is 1.43. The summed E-state index contributed by atoms with van der Waals surface area (Å²) in [5, 5.41) is 5.59. The van der Waals surface area contributed by atoms with Crippen molar-refractivity contribution in [3.8, 4) is 0 Å². The topological polar surface area (TPSA) is 41.1 Å². The molecule has 1 amide bonds. The highest BCUT2D eigenvalue weighted by Gasteiger charge is 2.41. The predicted molar refractivity (Wildman–Crippen MR) is 58.9 cm³/mol. The second kappa shape index (κ2) is 5.12. The van der Waals surface area contributed by atoms with Crippen LogP contribution in [0.25, 0.3) is 0 Å². The molecule has 88 valence electrons. The number of nitrogens with one attached hydrogen (secondary N) is 2. The Balaban J connectivity index is 0.00000112. The third-order valence-electron chi connectivity index (χ3n) is 3.29. The van der Waals surface area contributed by atoms with Crippen LogP contribution in [-0.2, 0) is 4.79 Å². The number of carbonyl (C=O) groups excluding carboxylic acids is 1. The fourth-order valence-electron chi connectivity index (χ4n) is 1.95. The van der Waals surface area contributed by atoms with Gasteiger partial charge in [0.2, 0.25) is 5.67 Å². The Labute approximate surface area is 95.6 Å². The quantitative estimate of drug-likeness (QED) is 0.769. The summed E-state index contributed by atoms with van der Waals surface area (Å²) in [4.78, 5) is 11.5. The van der Waals surface area contributed by atoms with Gasteiger partial charge in [0, 0.05) is 19.5 Å². The molecule has 1 aliphatic carbocycles. The van der Waals surface area contributed by atoms with E-state index in [9.17, 15) is 9.18 Å². The minimum Gasteiger partial charge on any atom is -0.353 e. The van der Waals surface area contributed by atoms with Crippen molar-refractivity contribution in [1.82, 2.24) is 10.6 Å². The molecule has 5 heteroatoms. The van der Waals surface area contributed by atoms with Crippen molar-refractivity contribution in [2.75, 3.05) is 19.6 Å². The largest absolute Gasteiger partial charge is 0.353 e. The van der Waals surface area contributed by atoms with Gasteiger partial charge in [-0.25, -0.2) is 4.39 Å². The molecule has 1 heterocycles. The van der Waals surface area contributed by atoms with Crippen molar-refractivity contribution in [3.63, 3.8) is 0 Å². The number of halogens is 2. The third kappa shape index (κ3) is 2.82. The van der Waals surface area contributed by atoms with Crippen molar-refractivity contribution in [2.24, 2.45) is 5.92 Å². The molecular formula is C10H18ClFN2O. The van der Waals surface area contributed by atoms with E-state index in [1.165, 1.54) is 19.3 Å². The lowest BCUT2D eigenvalue weighted by atomic mass is 9.85. The van der Waals surface area contributed by atoms with Gasteiger partial charge in [-0.3, -0.25) is 4.79 Å². The number of amides is 1. The van der Waals surface area contributed by atoms with Gasteiger partial charge in [0.15, 0.2) is 0 Å². The Bertz CT molecular complexity index is 227. The highest BCUT2D eigenvalue weighted by Crippen LogP contribution is 2.26. The van der Waals surface area contributed by atoms with E-state index in [1.807, 2.05) is 0 Å². The van der Waals surface area contributed by atoms with Crippen LogP contribution in [0.4, 0.5) is 4.39 Å². The first-order valence-electron chi connectivity index (χ1n) is 5.39. The van der Waals surface area contributed by atoms with E-state index in [4.69, 9.17) is 0 Å². The molecule has 1 saturated carbocycles. The molecular weight excluding hydrogens is 219 g/mol. The number of rotatable bonds is 3. The van der Waals surface area contributed by atoms with E-state index < -0.39 is 11.6 Å². The van der Waals surface area contributed by atoms with Crippen LogP contribution in [0.2, 0.25) is 0 Å². The van der Waals surface area contributed by atoms with Crippen LogP contribution in [0.5, 0.6) is 0 Å². The molecule has 3 nitrogen and oxygen atoms in total. The minimum atomic E-state index is -1.65. The molecule has 0 radical (unpaired) electrons. The second-order valence-electron chi connectivity index (χ2n) is 4.40. The molecule has 2 N–H and O–H groups in total. The molecule has 0 aromatic rings. The van der Waals surface area contributed by atoms with Gasteiger partial charge >= 0.3 is 0 Å². The van der Waals surface area contributed by atoms with Gasteiger partial charge in [0.1, 0.15) is 0 Å². The molecule has 2 rings (SSSR count). The molecule has 15 heavy (non-hydrogen) atoms. The molecule has 1 atom stereocenters. The van der Waals surface area contributed by atoms with Crippen molar-refractivity contribution >= 4 is 18.3 Å². The Morgan fingerprint density at radius 2 is 2.27 bits per heavy atom. The smallest absolute Gasteiger partial charge is 0.259 e. The Kier molecular flexibility index (Phi) is 4.34. The van der Waals surface area contributed by atoms with Crippen LogP contribution in [0.15, 0.2) is 0 Å². The average molecular weight is 237 g/mol. The summed E-state index contributed by atoms with van der Waals surface area (Å²) >= 11 is 0. The first-order valence-corrected chi connectivity index (χ1v) is 5.39. The molecule has 0 bridgehead atoms. The zero-order valence-electron chi connectivity index (χ0n) is 8.72. The highest BCUT2D eigenvalue weighted by atomic mass is 35.5. The Hall–Kier alpha value is -0.350. The van der Waals surface area contributed by atoms with Gasteiger partial charge in [-0.15, -0.1) is 12.4 Å². The second-order valence-corrected chi connectivity index (χ2v) is 4.40. The lowest BCUT2D eigenvalue weighted by molar-refractivity contribution is -0.132. The monoisotopic (exact) mass is 236 g/mol. The lowest BCUT2D eigenvalue weighted by Crippen LogP contribution is -2.46. The van der Waals surface area contributed by atoms with Crippen LogP contribution in [0, 0.1) is 5.92 Å². The zero-order valence-corrected chi connectivity index (χ0v) is 9.54. The standard InChI is InChI=1S/C10H17FN2O.ClH/c11-10(4-5-12-7-10)9(14)13-6-8-2-1-3-8;/h8,12H,1-7H2,(H,13,14);1H. The minimum absolute atomic E-state index is 0. The molecule has 1 saturated heterocycles. The van der Waals surface area contributed by atoms with Crippen LogP contribution in [-0.4, -0.2) is 31.2 Å². The van der Waals surface area contributed by atoms with Crippen molar-refractivity contribution in [1.29, 1.82) is 0 Å². The Morgan fingerprint density at radius 1 is 1.53 bits per heavy atom. The number of alkyl halides is 1. The van der Waals surface area contributed by atoms with E-state index in [2.05, 4.69) is 10.6 Å². The van der Waals surface area contributed by atoms with Gasteiger partial charge < -0.3 is 10.6 Å². The third-order valence-corrected chi connectivity index (χ3v) is 3.29. The fraction of sp³-hybridized carbons (Fsp3) is 0.900. The van der Waals surface area contributed by atoms with Gasteiger partial charge in [-0.1, -0.05) is 6.42 Å². The van der Waals surface area contributed by atoms with Gasteiger partial charge in [0.25, 0.3) is 5.91 Å². The summed E-state index contributed by atoms with van der Waals surface area (Å²) < 4.78 is 13.8. The van der Waals surface area contributed by atoms with E-state index in [-0.39, 0.29) is 19.0 Å². The van der Waals surface area contributed by atoms with Crippen molar-refractivity contribution in [2.45, 2.75) is 31.4 Å². The van der Waals surface area contributed by atoms with E-state index in [0.29, 0.717) is 25.4 Å². The molecule has 0 aromatic carbocycles. The van der Waals surface area contributed by atoms with E-state index >= 15 is 0 Å². The first kappa shape index (κ1) is 12.7. The summed E-state index contributed by atoms with van der Waals surface area (Å²) in [7, 11) is 0. The maximum Gasteiger partial charge on any atom is 0.259 e. The van der Waals surface area contributed by atoms with Crippen molar-refractivity contribution < 1.29 is 9.18 Å². The lowest BCUT2D eigenvalue weighted by Gasteiger charge is -2.27. The molecule has 1 unspecified atom stereocenters. The van der Waals surface area contributed by atoms with Crippen LogP contribution >= 0.6 is 12.4 Å². The van der Waals surface area contributed by atoms with Gasteiger partial charge in [-0.05, 0) is 25.3 Å². The SMILES string of the molecule is Cl.O=C(NCC1CCC1)C1(F)CCNC1. The van der Waals surface area contributed by atoms with Crippen LogP contribution in [0.3, 0.4) is 0 Å². The maximum atomic E-state index is 13.8. The molecule has 2 fully saturated rings. The first-order chi connectivity index (χ1) is 6.71. The van der Waals surface area contributed by atoms with Crippen LogP contribution in [0.1, 0.15) is 25.7 Å². The fourth-order valence-corrected chi connectivity index (χ4v) is 1.95.